The van der Waals surface area contributed by atoms with Crippen LogP contribution >= 0.6 is 0 Å². The maximum Gasteiger partial charge on any atom is 0.433 e. The zero-order valence-electron chi connectivity index (χ0n) is 12.9. The van der Waals surface area contributed by atoms with Crippen LogP contribution in [0.1, 0.15) is 36.9 Å². The number of hydrogen-bond donors (Lipinski definition) is 0. The molecule has 2 heterocycles. The van der Waals surface area contributed by atoms with Crippen molar-refractivity contribution in [2.75, 3.05) is 13.1 Å². The summed E-state index contributed by atoms with van der Waals surface area (Å²) >= 11 is 0. The van der Waals surface area contributed by atoms with Gasteiger partial charge in [-0.05, 0) is 38.2 Å². The summed E-state index contributed by atoms with van der Waals surface area (Å²) < 4.78 is 44.3. The minimum Gasteiger partial charge on any atom is -0.474 e. The molecule has 0 bridgehead atoms. The Morgan fingerprint density at radius 1 is 1.30 bits per heavy atom. The standard InChI is InChI=1S/C16H19F3N2O2/c1-11-2-3-13(20-14(11)16(17,18)19)23-12-4-6-15(7-5-12)8-21(9-15)10-22/h2-3,10,12H,4-9H2,1H3. The molecule has 126 valence electrons. The fourth-order valence-corrected chi connectivity index (χ4v) is 3.56. The zero-order chi connectivity index (χ0) is 16.7. The average Bonchev–Trinajstić information content (AvgIpc) is 2.46. The third-order valence-electron chi connectivity index (χ3n) is 4.85. The van der Waals surface area contributed by atoms with Crippen LogP contribution in [-0.2, 0) is 11.0 Å². The van der Waals surface area contributed by atoms with Gasteiger partial charge in [0.25, 0.3) is 0 Å². The minimum absolute atomic E-state index is 0.0343. The number of rotatable bonds is 3. The summed E-state index contributed by atoms with van der Waals surface area (Å²) in [7, 11) is 0. The Labute approximate surface area is 132 Å². The molecule has 1 aromatic heterocycles. The van der Waals surface area contributed by atoms with Crippen molar-refractivity contribution < 1.29 is 22.7 Å². The Bertz CT molecular complexity index is 587. The number of likely N-dealkylation sites (tertiary alicyclic amines) is 1. The predicted molar refractivity (Wildman–Crippen MR) is 76.9 cm³/mol. The second-order valence-corrected chi connectivity index (χ2v) is 6.64. The van der Waals surface area contributed by atoms with Crippen molar-refractivity contribution in [3.8, 4) is 5.88 Å². The molecule has 0 N–H and O–H groups in total. The highest BCUT2D eigenvalue weighted by atomic mass is 19.4. The molecule has 1 aromatic rings. The van der Waals surface area contributed by atoms with Crippen LogP contribution < -0.4 is 4.74 Å². The molecular weight excluding hydrogens is 309 g/mol. The molecule has 23 heavy (non-hydrogen) atoms. The molecule has 2 aliphatic rings. The number of amides is 1. The normalized spacial score (nSPS) is 21.1. The maximum absolute atomic E-state index is 12.9. The van der Waals surface area contributed by atoms with Gasteiger partial charge in [-0.15, -0.1) is 0 Å². The number of aryl methyl sites for hydroxylation is 1. The van der Waals surface area contributed by atoms with E-state index in [1.807, 2.05) is 0 Å². The Kier molecular flexibility index (Phi) is 3.98. The molecule has 1 aliphatic heterocycles. The third kappa shape index (κ3) is 3.28. The van der Waals surface area contributed by atoms with Gasteiger partial charge < -0.3 is 9.64 Å². The summed E-state index contributed by atoms with van der Waals surface area (Å²) in [6.07, 6.45) is -0.289. The third-order valence-corrected chi connectivity index (χ3v) is 4.85. The van der Waals surface area contributed by atoms with Crippen molar-refractivity contribution in [2.45, 2.75) is 44.9 Å². The summed E-state index contributed by atoms with van der Waals surface area (Å²) in [5, 5.41) is 0. The summed E-state index contributed by atoms with van der Waals surface area (Å²) in [5.74, 6) is 0.0343. The van der Waals surface area contributed by atoms with Crippen molar-refractivity contribution in [3.05, 3.63) is 23.4 Å². The maximum atomic E-state index is 12.9. The molecule has 0 radical (unpaired) electrons. The molecule has 0 aromatic carbocycles. The first-order valence-electron chi connectivity index (χ1n) is 7.72. The van der Waals surface area contributed by atoms with Crippen molar-refractivity contribution in [3.63, 3.8) is 0 Å². The molecule has 1 saturated heterocycles. The van der Waals surface area contributed by atoms with Crippen molar-refractivity contribution in [1.82, 2.24) is 9.88 Å². The smallest absolute Gasteiger partial charge is 0.433 e. The van der Waals surface area contributed by atoms with Crippen LogP contribution in [-0.4, -0.2) is 35.5 Å². The van der Waals surface area contributed by atoms with Gasteiger partial charge in [-0.3, -0.25) is 4.79 Å². The Morgan fingerprint density at radius 2 is 1.96 bits per heavy atom. The van der Waals surface area contributed by atoms with Gasteiger partial charge in [-0.25, -0.2) is 4.98 Å². The van der Waals surface area contributed by atoms with E-state index in [0.717, 1.165) is 45.2 Å². The lowest BCUT2D eigenvalue weighted by Crippen LogP contribution is -2.57. The molecule has 7 heteroatoms. The van der Waals surface area contributed by atoms with Crippen LogP contribution in [0.3, 0.4) is 0 Å². The topological polar surface area (TPSA) is 42.4 Å². The largest absolute Gasteiger partial charge is 0.474 e. The summed E-state index contributed by atoms with van der Waals surface area (Å²) in [4.78, 5) is 16.0. The van der Waals surface area contributed by atoms with E-state index in [-0.39, 0.29) is 23.0 Å². The van der Waals surface area contributed by atoms with Crippen LogP contribution in [0.2, 0.25) is 0 Å². The molecule has 0 atom stereocenters. The van der Waals surface area contributed by atoms with Gasteiger partial charge in [0.15, 0.2) is 5.69 Å². The fourth-order valence-electron chi connectivity index (χ4n) is 3.56. The average molecular weight is 328 g/mol. The number of ether oxygens (including phenoxy) is 1. The van der Waals surface area contributed by atoms with Crippen molar-refractivity contribution in [1.29, 1.82) is 0 Å². The number of carbonyl (C=O) groups excluding carboxylic acids is 1. The van der Waals surface area contributed by atoms with Gasteiger partial charge in [0.05, 0.1) is 0 Å². The number of pyridine rings is 1. The van der Waals surface area contributed by atoms with Gasteiger partial charge >= 0.3 is 6.18 Å². The molecular formula is C16H19F3N2O2. The number of hydrogen-bond acceptors (Lipinski definition) is 3. The van der Waals surface area contributed by atoms with Crippen LogP contribution in [0, 0.1) is 12.3 Å². The van der Waals surface area contributed by atoms with E-state index < -0.39 is 11.9 Å². The van der Waals surface area contributed by atoms with Gasteiger partial charge in [-0.2, -0.15) is 13.2 Å². The van der Waals surface area contributed by atoms with Gasteiger partial charge in [0.2, 0.25) is 12.3 Å². The first-order valence-corrected chi connectivity index (χ1v) is 7.72. The van der Waals surface area contributed by atoms with E-state index in [4.69, 9.17) is 4.74 Å². The van der Waals surface area contributed by atoms with Crippen LogP contribution in [0.5, 0.6) is 5.88 Å². The number of alkyl halides is 3. The summed E-state index contributed by atoms with van der Waals surface area (Å²) in [5.41, 5.74) is -0.600. The highest BCUT2D eigenvalue weighted by Gasteiger charge is 2.45. The number of aromatic nitrogens is 1. The quantitative estimate of drug-likeness (QED) is 0.800. The van der Waals surface area contributed by atoms with Crippen LogP contribution in [0.25, 0.3) is 0 Å². The zero-order valence-corrected chi connectivity index (χ0v) is 12.9. The van der Waals surface area contributed by atoms with Gasteiger partial charge in [-0.1, -0.05) is 6.07 Å². The predicted octanol–water partition coefficient (Wildman–Crippen LogP) is 3.19. The van der Waals surface area contributed by atoms with E-state index in [0.29, 0.717) is 0 Å². The summed E-state index contributed by atoms with van der Waals surface area (Å²) in [6.45, 7) is 2.95. The molecule has 2 fully saturated rings. The van der Waals surface area contributed by atoms with E-state index in [9.17, 15) is 18.0 Å². The Balaban J connectivity index is 1.60. The van der Waals surface area contributed by atoms with E-state index in [2.05, 4.69) is 4.98 Å². The number of carbonyl (C=O) groups is 1. The molecule has 3 rings (SSSR count). The number of nitrogens with zero attached hydrogens (tertiary/aromatic N) is 2. The van der Waals surface area contributed by atoms with Gasteiger partial charge in [0, 0.05) is 24.6 Å². The second-order valence-electron chi connectivity index (χ2n) is 6.64. The lowest BCUT2D eigenvalue weighted by Gasteiger charge is -2.51. The monoisotopic (exact) mass is 328 g/mol. The van der Waals surface area contributed by atoms with Crippen molar-refractivity contribution in [2.24, 2.45) is 5.41 Å². The first-order chi connectivity index (χ1) is 10.8. The molecule has 1 saturated carbocycles. The van der Waals surface area contributed by atoms with Crippen LogP contribution in [0.15, 0.2) is 12.1 Å². The van der Waals surface area contributed by atoms with Crippen LogP contribution in [0.4, 0.5) is 13.2 Å². The highest BCUT2D eigenvalue weighted by molar-refractivity contribution is 5.49. The van der Waals surface area contributed by atoms with Gasteiger partial charge in [0.1, 0.15) is 6.10 Å². The first kappa shape index (κ1) is 16.1. The molecule has 4 nitrogen and oxygen atoms in total. The number of halogens is 3. The fraction of sp³-hybridized carbons (Fsp3) is 0.625. The lowest BCUT2D eigenvalue weighted by atomic mass is 9.68. The van der Waals surface area contributed by atoms with E-state index in [1.54, 1.807) is 4.90 Å². The second kappa shape index (κ2) is 5.69. The molecule has 0 unspecified atom stereocenters. The van der Waals surface area contributed by atoms with Crippen molar-refractivity contribution >= 4 is 6.41 Å². The van der Waals surface area contributed by atoms with E-state index in [1.165, 1.54) is 19.1 Å². The molecule has 1 spiro atoms. The van der Waals surface area contributed by atoms with E-state index >= 15 is 0 Å². The Hall–Kier alpha value is -1.79. The SMILES string of the molecule is Cc1ccc(OC2CCC3(CC2)CN(C=O)C3)nc1C(F)(F)F. The molecule has 1 amide bonds. The molecule has 1 aliphatic carbocycles. The minimum atomic E-state index is -4.47. The summed E-state index contributed by atoms with van der Waals surface area (Å²) in [6, 6.07) is 2.88. The lowest BCUT2D eigenvalue weighted by molar-refractivity contribution is -0.142. The Morgan fingerprint density at radius 3 is 2.52 bits per heavy atom. The highest BCUT2D eigenvalue weighted by Crippen LogP contribution is 2.44.